The highest BCUT2D eigenvalue weighted by Crippen LogP contribution is 2.16. The quantitative estimate of drug-likeness (QED) is 0.629. The molecule has 2 aromatic rings. The molecule has 1 aromatic heterocycles. The number of thiophene rings is 1. The Morgan fingerprint density at radius 3 is 2.64 bits per heavy atom. The Morgan fingerprint density at radius 2 is 1.95 bits per heavy atom. The molecule has 6 heteroatoms. The van der Waals surface area contributed by atoms with Gasteiger partial charge in [0.05, 0.1) is 6.54 Å². The lowest BCUT2D eigenvalue weighted by Crippen LogP contribution is -2.32. The molecule has 0 spiro atoms. The highest BCUT2D eigenvalue weighted by Gasteiger charge is 2.13. The molecule has 0 bridgehead atoms. The fraction of sp³-hybridized carbons (Fsp3) is 0.250. The summed E-state index contributed by atoms with van der Waals surface area (Å²) in [6.45, 7) is 2.24. The maximum atomic E-state index is 11.7. The second kappa shape index (κ2) is 8.19. The van der Waals surface area contributed by atoms with Gasteiger partial charge in [0.2, 0.25) is 0 Å². The summed E-state index contributed by atoms with van der Waals surface area (Å²) in [7, 11) is 0. The molecule has 0 fully saturated rings. The highest BCUT2D eigenvalue weighted by molar-refractivity contribution is 7.12. The summed E-state index contributed by atoms with van der Waals surface area (Å²) in [6, 6.07) is 11.2. The van der Waals surface area contributed by atoms with E-state index in [1.807, 2.05) is 48.7 Å². The Labute approximate surface area is 132 Å². The summed E-state index contributed by atoms with van der Waals surface area (Å²) in [5.74, 6) is -0.0706. The Morgan fingerprint density at radius 1 is 1.18 bits per heavy atom. The van der Waals surface area contributed by atoms with Crippen LogP contribution < -0.4 is 10.1 Å². The first kappa shape index (κ1) is 16.0. The molecule has 1 aromatic carbocycles. The molecule has 0 saturated carbocycles. The number of ether oxygens (including phenoxy) is 2. The zero-order chi connectivity index (χ0) is 15.8. The minimum Gasteiger partial charge on any atom is -0.492 e. The third-order valence-electron chi connectivity index (χ3n) is 2.82. The molecular weight excluding hydrogens is 302 g/mol. The van der Waals surface area contributed by atoms with Gasteiger partial charge < -0.3 is 14.8 Å². The van der Waals surface area contributed by atoms with E-state index in [1.54, 1.807) is 0 Å². The van der Waals surface area contributed by atoms with Crippen molar-refractivity contribution in [3.8, 4) is 5.75 Å². The molecular formula is C16H17NO4S. The van der Waals surface area contributed by atoms with E-state index in [-0.39, 0.29) is 12.5 Å². The molecule has 1 amide bonds. The Kier molecular flexibility index (Phi) is 5.97. The predicted molar refractivity (Wildman–Crippen MR) is 84.3 cm³/mol. The van der Waals surface area contributed by atoms with E-state index in [0.717, 1.165) is 11.3 Å². The van der Waals surface area contributed by atoms with Gasteiger partial charge in [0.1, 0.15) is 17.2 Å². The first-order chi connectivity index (χ1) is 10.7. The van der Waals surface area contributed by atoms with Crippen molar-refractivity contribution in [3.63, 3.8) is 0 Å². The number of carbonyl (C=O) groups excluding carboxylic acids is 2. The minimum absolute atomic E-state index is 0.290. The van der Waals surface area contributed by atoms with Crippen LogP contribution in [-0.4, -0.2) is 31.6 Å². The van der Waals surface area contributed by atoms with Crippen molar-refractivity contribution in [1.29, 1.82) is 0 Å². The maximum absolute atomic E-state index is 11.7. The second-order valence-electron chi connectivity index (χ2n) is 4.52. The number of aryl methyl sites for hydroxylation is 1. The molecule has 1 heterocycles. The Balaban J connectivity index is 1.62. The van der Waals surface area contributed by atoms with Crippen molar-refractivity contribution in [2.24, 2.45) is 0 Å². The van der Waals surface area contributed by atoms with E-state index in [0.29, 0.717) is 18.0 Å². The molecule has 0 atom stereocenters. The van der Waals surface area contributed by atoms with Crippen LogP contribution in [0.15, 0.2) is 41.8 Å². The van der Waals surface area contributed by atoms with Crippen molar-refractivity contribution in [2.75, 3.05) is 19.8 Å². The van der Waals surface area contributed by atoms with Gasteiger partial charge in [0.25, 0.3) is 5.91 Å². The van der Waals surface area contributed by atoms with Crippen LogP contribution in [0.2, 0.25) is 0 Å². The largest absolute Gasteiger partial charge is 0.492 e. The molecule has 22 heavy (non-hydrogen) atoms. The average Bonchev–Trinajstić information content (AvgIpc) is 2.96. The number of carbonyl (C=O) groups is 2. The lowest BCUT2D eigenvalue weighted by atomic mass is 10.3. The second-order valence-corrected chi connectivity index (χ2v) is 5.44. The summed E-state index contributed by atoms with van der Waals surface area (Å²) < 4.78 is 10.4. The van der Waals surface area contributed by atoms with E-state index in [2.05, 4.69) is 5.32 Å². The Bertz CT molecular complexity index is 624. The molecule has 0 aliphatic carbocycles. The van der Waals surface area contributed by atoms with E-state index in [4.69, 9.17) is 9.47 Å². The highest BCUT2D eigenvalue weighted by atomic mass is 32.1. The van der Waals surface area contributed by atoms with Crippen LogP contribution in [0, 0.1) is 6.92 Å². The zero-order valence-corrected chi connectivity index (χ0v) is 13.0. The zero-order valence-electron chi connectivity index (χ0n) is 12.2. The van der Waals surface area contributed by atoms with Gasteiger partial charge in [-0.25, -0.2) is 4.79 Å². The monoisotopic (exact) mass is 319 g/mol. The van der Waals surface area contributed by atoms with E-state index in [1.165, 1.54) is 11.3 Å². The van der Waals surface area contributed by atoms with Gasteiger partial charge in [0, 0.05) is 0 Å². The average molecular weight is 319 g/mol. The van der Waals surface area contributed by atoms with Crippen LogP contribution in [0.3, 0.4) is 0 Å². The van der Waals surface area contributed by atoms with E-state index >= 15 is 0 Å². The van der Waals surface area contributed by atoms with Crippen LogP contribution >= 0.6 is 11.3 Å². The van der Waals surface area contributed by atoms with Crippen LogP contribution in [0.25, 0.3) is 0 Å². The summed E-state index contributed by atoms with van der Waals surface area (Å²) in [5.41, 5.74) is 0.853. The molecule has 1 N–H and O–H groups in total. The van der Waals surface area contributed by atoms with Gasteiger partial charge in [-0.15, -0.1) is 11.3 Å². The summed E-state index contributed by atoms with van der Waals surface area (Å²) >= 11 is 1.30. The molecule has 116 valence electrons. The SMILES string of the molecule is Cc1ccsc1C(=O)OCC(=O)NCCOc1ccccc1. The van der Waals surface area contributed by atoms with Gasteiger partial charge in [-0.1, -0.05) is 18.2 Å². The molecule has 0 aliphatic heterocycles. The topological polar surface area (TPSA) is 64.6 Å². The van der Waals surface area contributed by atoms with Crippen molar-refractivity contribution in [1.82, 2.24) is 5.32 Å². The third-order valence-corrected chi connectivity index (χ3v) is 3.81. The number of nitrogens with one attached hydrogen (secondary N) is 1. The van der Waals surface area contributed by atoms with Crippen LogP contribution in [0.5, 0.6) is 5.75 Å². The van der Waals surface area contributed by atoms with Crippen molar-refractivity contribution < 1.29 is 19.1 Å². The number of amides is 1. The molecule has 0 aliphatic rings. The maximum Gasteiger partial charge on any atom is 0.349 e. The Hall–Kier alpha value is -2.34. The number of rotatable bonds is 7. The van der Waals surface area contributed by atoms with Gasteiger partial charge in [0.15, 0.2) is 6.61 Å². The van der Waals surface area contributed by atoms with Crippen molar-refractivity contribution >= 4 is 23.2 Å². The smallest absolute Gasteiger partial charge is 0.349 e. The number of esters is 1. The van der Waals surface area contributed by atoms with Crippen LogP contribution in [0.1, 0.15) is 15.2 Å². The lowest BCUT2D eigenvalue weighted by Gasteiger charge is -2.08. The normalized spacial score (nSPS) is 10.0. The molecule has 2 rings (SSSR count). The number of hydrogen-bond donors (Lipinski definition) is 1. The number of para-hydroxylation sites is 1. The van der Waals surface area contributed by atoms with E-state index in [9.17, 15) is 9.59 Å². The molecule has 0 unspecified atom stereocenters. The van der Waals surface area contributed by atoms with Gasteiger partial charge >= 0.3 is 5.97 Å². The van der Waals surface area contributed by atoms with Gasteiger partial charge in [-0.3, -0.25) is 4.79 Å². The standard InChI is InChI=1S/C16H17NO4S/c1-12-7-10-22-15(12)16(19)21-11-14(18)17-8-9-20-13-5-3-2-4-6-13/h2-7,10H,8-9,11H2,1H3,(H,17,18). The first-order valence-electron chi connectivity index (χ1n) is 6.82. The van der Waals surface area contributed by atoms with E-state index < -0.39 is 5.97 Å². The van der Waals surface area contributed by atoms with Crippen LogP contribution in [0.4, 0.5) is 0 Å². The summed E-state index contributed by atoms with van der Waals surface area (Å²) in [6.07, 6.45) is 0. The molecule has 5 nitrogen and oxygen atoms in total. The molecule has 0 saturated heterocycles. The lowest BCUT2D eigenvalue weighted by molar-refractivity contribution is -0.124. The number of benzene rings is 1. The fourth-order valence-electron chi connectivity index (χ4n) is 1.71. The number of hydrogen-bond acceptors (Lipinski definition) is 5. The predicted octanol–water partition coefficient (Wildman–Crippen LogP) is 2.41. The minimum atomic E-state index is -0.469. The fourth-order valence-corrected chi connectivity index (χ4v) is 2.52. The summed E-state index contributed by atoms with van der Waals surface area (Å²) in [5, 5.41) is 4.44. The van der Waals surface area contributed by atoms with Gasteiger partial charge in [-0.2, -0.15) is 0 Å². The third kappa shape index (κ3) is 4.89. The van der Waals surface area contributed by atoms with Crippen molar-refractivity contribution in [2.45, 2.75) is 6.92 Å². The van der Waals surface area contributed by atoms with Crippen LogP contribution in [-0.2, 0) is 9.53 Å². The van der Waals surface area contributed by atoms with Gasteiger partial charge in [-0.05, 0) is 36.1 Å². The van der Waals surface area contributed by atoms with Crippen molar-refractivity contribution in [3.05, 3.63) is 52.2 Å². The molecule has 0 radical (unpaired) electrons. The summed E-state index contributed by atoms with van der Waals surface area (Å²) in [4.78, 5) is 23.8. The first-order valence-corrected chi connectivity index (χ1v) is 7.70.